The summed E-state index contributed by atoms with van der Waals surface area (Å²) < 4.78 is 0. The minimum atomic E-state index is 0.520. The first-order valence-electron chi connectivity index (χ1n) is 7.84. The lowest BCUT2D eigenvalue weighted by Gasteiger charge is -2.36. The predicted octanol–water partition coefficient (Wildman–Crippen LogP) is 3.20. The molecule has 1 aromatic heterocycles. The van der Waals surface area contributed by atoms with Crippen molar-refractivity contribution in [3.63, 3.8) is 0 Å². The maximum Gasteiger partial charge on any atom is 0.0544 e. The van der Waals surface area contributed by atoms with Crippen molar-refractivity contribution in [2.24, 2.45) is 5.41 Å². The molecule has 0 spiro atoms. The van der Waals surface area contributed by atoms with Gasteiger partial charge in [0.15, 0.2) is 0 Å². The van der Waals surface area contributed by atoms with Gasteiger partial charge in [-0.3, -0.25) is 9.88 Å². The standard InChI is InChI=1S/C17H29N3/c1-14(2)18-11-15-5-6-16(19-12-15)13-20-9-7-17(3,4)8-10-20/h5-6,12,14,18H,7-11,13H2,1-4H3. The van der Waals surface area contributed by atoms with E-state index < -0.39 is 0 Å². The fourth-order valence-electron chi connectivity index (χ4n) is 2.52. The molecule has 3 nitrogen and oxygen atoms in total. The van der Waals surface area contributed by atoms with Gasteiger partial charge in [-0.2, -0.15) is 0 Å². The van der Waals surface area contributed by atoms with E-state index in [4.69, 9.17) is 0 Å². The third-order valence-corrected chi connectivity index (χ3v) is 4.20. The zero-order chi connectivity index (χ0) is 14.6. The van der Waals surface area contributed by atoms with E-state index in [9.17, 15) is 0 Å². The number of nitrogens with one attached hydrogen (secondary N) is 1. The Kier molecular flexibility index (Phi) is 5.17. The molecule has 2 rings (SSSR count). The lowest BCUT2D eigenvalue weighted by molar-refractivity contribution is 0.126. The van der Waals surface area contributed by atoms with Crippen molar-refractivity contribution >= 4 is 0 Å². The Balaban J connectivity index is 1.82. The number of hydrogen-bond acceptors (Lipinski definition) is 3. The molecule has 1 N–H and O–H groups in total. The number of nitrogens with zero attached hydrogens (tertiary/aromatic N) is 2. The molecular weight excluding hydrogens is 246 g/mol. The zero-order valence-electron chi connectivity index (χ0n) is 13.4. The highest BCUT2D eigenvalue weighted by molar-refractivity contribution is 5.14. The molecule has 1 fully saturated rings. The molecule has 0 bridgehead atoms. The number of hydrogen-bond donors (Lipinski definition) is 1. The minimum Gasteiger partial charge on any atom is -0.310 e. The largest absolute Gasteiger partial charge is 0.310 e. The summed E-state index contributed by atoms with van der Waals surface area (Å²) in [5.41, 5.74) is 2.98. The van der Waals surface area contributed by atoms with Crippen LogP contribution in [0.2, 0.25) is 0 Å². The maximum absolute atomic E-state index is 4.61. The second-order valence-electron chi connectivity index (χ2n) is 7.13. The van der Waals surface area contributed by atoms with E-state index in [1.165, 1.54) is 37.2 Å². The molecule has 0 aromatic carbocycles. The number of rotatable bonds is 5. The molecule has 1 aliphatic heterocycles. The fraction of sp³-hybridized carbons (Fsp3) is 0.706. The van der Waals surface area contributed by atoms with Crippen molar-refractivity contribution in [2.75, 3.05) is 13.1 Å². The molecule has 0 amide bonds. The third kappa shape index (κ3) is 4.88. The van der Waals surface area contributed by atoms with Crippen LogP contribution in [0.25, 0.3) is 0 Å². The molecule has 1 aliphatic rings. The molecule has 20 heavy (non-hydrogen) atoms. The summed E-state index contributed by atoms with van der Waals surface area (Å²) in [6, 6.07) is 4.90. The van der Waals surface area contributed by atoms with Gasteiger partial charge in [0.2, 0.25) is 0 Å². The van der Waals surface area contributed by atoms with Gasteiger partial charge in [0.1, 0.15) is 0 Å². The number of aromatic nitrogens is 1. The molecule has 2 heterocycles. The molecule has 0 unspecified atom stereocenters. The Morgan fingerprint density at radius 2 is 1.95 bits per heavy atom. The average molecular weight is 275 g/mol. The Hall–Kier alpha value is -0.930. The number of likely N-dealkylation sites (tertiary alicyclic amines) is 1. The highest BCUT2D eigenvalue weighted by Crippen LogP contribution is 2.30. The van der Waals surface area contributed by atoms with Crippen LogP contribution in [0.15, 0.2) is 18.3 Å². The highest BCUT2D eigenvalue weighted by atomic mass is 15.1. The van der Waals surface area contributed by atoms with E-state index >= 15 is 0 Å². The van der Waals surface area contributed by atoms with Gasteiger partial charge >= 0.3 is 0 Å². The highest BCUT2D eigenvalue weighted by Gasteiger charge is 2.25. The van der Waals surface area contributed by atoms with Gasteiger partial charge in [0.05, 0.1) is 5.69 Å². The SMILES string of the molecule is CC(C)NCc1ccc(CN2CCC(C)(C)CC2)nc1. The third-order valence-electron chi connectivity index (χ3n) is 4.20. The molecular formula is C17H29N3. The van der Waals surface area contributed by atoms with E-state index in [0.717, 1.165) is 13.1 Å². The Bertz CT molecular complexity index is 399. The van der Waals surface area contributed by atoms with E-state index in [1.807, 2.05) is 6.20 Å². The van der Waals surface area contributed by atoms with Crippen LogP contribution < -0.4 is 5.32 Å². The summed E-state index contributed by atoms with van der Waals surface area (Å²) in [6.07, 6.45) is 4.60. The summed E-state index contributed by atoms with van der Waals surface area (Å²) in [5, 5.41) is 3.42. The number of piperidine rings is 1. The smallest absolute Gasteiger partial charge is 0.0544 e. The summed E-state index contributed by atoms with van der Waals surface area (Å²) in [5.74, 6) is 0. The van der Waals surface area contributed by atoms with Crippen LogP contribution in [-0.4, -0.2) is 29.0 Å². The molecule has 0 radical (unpaired) electrons. The average Bonchev–Trinajstić information content (AvgIpc) is 2.40. The summed E-state index contributed by atoms with van der Waals surface area (Å²) >= 11 is 0. The second kappa shape index (κ2) is 6.68. The first-order chi connectivity index (χ1) is 9.44. The van der Waals surface area contributed by atoms with E-state index in [1.54, 1.807) is 0 Å². The van der Waals surface area contributed by atoms with Crippen molar-refractivity contribution in [3.05, 3.63) is 29.6 Å². The van der Waals surface area contributed by atoms with E-state index in [-0.39, 0.29) is 0 Å². The van der Waals surface area contributed by atoms with Crippen LogP contribution >= 0.6 is 0 Å². The van der Waals surface area contributed by atoms with Crippen LogP contribution in [-0.2, 0) is 13.1 Å². The van der Waals surface area contributed by atoms with Gasteiger partial charge < -0.3 is 5.32 Å². The van der Waals surface area contributed by atoms with Crippen LogP contribution in [0.1, 0.15) is 51.8 Å². The van der Waals surface area contributed by atoms with Gasteiger partial charge in [-0.15, -0.1) is 0 Å². The van der Waals surface area contributed by atoms with Crippen molar-refractivity contribution in [2.45, 2.75) is 59.7 Å². The van der Waals surface area contributed by atoms with Crippen molar-refractivity contribution in [1.29, 1.82) is 0 Å². The molecule has 112 valence electrons. The normalized spacial score (nSPS) is 19.4. The predicted molar refractivity (Wildman–Crippen MR) is 84.5 cm³/mol. The van der Waals surface area contributed by atoms with Gasteiger partial charge in [0.25, 0.3) is 0 Å². The molecule has 0 aliphatic carbocycles. The Morgan fingerprint density at radius 1 is 1.25 bits per heavy atom. The molecule has 1 aromatic rings. The lowest BCUT2D eigenvalue weighted by Crippen LogP contribution is -2.36. The summed E-state index contributed by atoms with van der Waals surface area (Å²) in [4.78, 5) is 7.13. The van der Waals surface area contributed by atoms with Crippen molar-refractivity contribution in [3.8, 4) is 0 Å². The Morgan fingerprint density at radius 3 is 2.50 bits per heavy atom. The summed E-state index contributed by atoms with van der Waals surface area (Å²) in [6.45, 7) is 13.4. The monoisotopic (exact) mass is 275 g/mol. The van der Waals surface area contributed by atoms with Crippen LogP contribution in [0.4, 0.5) is 0 Å². The van der Waals surface area contributed by atoms with Crippen molar-refractivity contribution < 1.29 is 0 Å². The molecule has 1 saturated heterocycles. The zero-order valence-corrected chi connectivity index (χ0v) is 13.4. The lowest BCUT2D eigenvalue weighted by atomic mass is 9.83. The van der Waals surface area contributed by atoms with E-state index in [0.29, 0.717) is 11.5 Å². The molecule has 3 heteroatoms. The quantitative estimate of drug-likeness (QED) is 0.894. The van der Waals surface area contributed by atoms with Gasteiger partial charge in [-0.05, 0) is 43.0 Å². The first kappa shape index (κ1) is 15.5. The summed E-state index contributed by atoms with van der Waals surface area (Å²) in [7, 11) is 0. The van der Waals surface area contributed by atoms with Crippen LogP contribution in [0.5, 0.6) is 0 Å². The number of pyridine rings is 1. The van der Waals surface area contributed by atoms with Crippen molar-refractivity contribution in [1.82, 2.24) is 15.2 Å². The topological polar surface area (TPSA) is 28.2 Å². The van der Waals surface area contributed by atoms with Crippen LogP contribution in [0.3, 0.4) is 0 Å². The first-order valence-corrected chi connectivity index (χ1v) is 7.84. The maximum atomic E-state index is 4.61. The van der Waals surface area contributed by atoms with E-state index in [2.05, 4.69) is 55.0 Å². The second-order valence-corrected chi connectivity index (χ2v) is 7.13. The molecule has 0 saturated carbocycles. The van der Waals surface area contributed by atoms with Gasteiger partial charge in [0, 0.05) is 25.3 Å². The Labute approximate surface area is 123 Å². The van der Waals surface area contributed by atoms with Gasteiger partial charge in [-0.1, -0.05) is 33.8 Å². The van der Waals surface area contributed by atoms with Crippen LogP contribution in [0, 0.1) is 5.41 Å². The minimum absolute atomic E-state index is 0.520. The fourth-order valence-corrected chi connectivity index (χ4v) is 2.52. The molecule has 0 atom stereocenters. The van der Waals surface area contributed by atoms with Gasteiger partial charge in [-0.25, -0.2) is 0 Å².